The predicted molar refractivity (Wildman–Crippen MR) is 80.0 cm³/mol. The van der Waals surface area contributed by atoms with Crippen molar-refractivity contribution in [3.63, 3.8) is 0 Å². The molecule has 1 fully saturated rings. The lowest BCUT2D eigenvalue weighted by atomic mass is 10.1. The number of carbonyl (C=O) groups is 3. The molecule has 22 heavy (non-hydrogen) atoms. The van der Waals surface area contributed by atoms with Crippen molar-refractivity contribution >= 4 is 17.8 Å². The molecule has 1 heterocycles. The fourth-order valence-corrected chi connectivity index (χ4v) is 2.08. The van der Waals surface area contributed by atoms with Crippen LogP contribution in [0.15, 0.2) is 0 Å². The van der Waals surface area contributed by atoms with E-state index in [0.717, 1.165) is 0 Å². The summed E-state index contributed by atoms with van der Waals surface area (Å²) in [6.45, 7) is 6.84. The predicted octanol–water partition coefficient (Wildman–Crippen LogP) is 0.329. The molecule has 0 spiro atoms. The molecule has 0 saturated carbocycles. The average molecular weight is 314 g/mol. The monoisotopic (exact) mass is 314 g/mol. The Hall–Kier alpha value is -1.63. The first-order chi connectivity index (χ1) is 10.2. The molecular formula is C15H26N2O5. The molecule has 126 valence electrons. The van der Waals surface area contributed by atoms with Gasteiger partial charge >= 0.3 is 5.97 Å². The molecule has 1 saturated heterocycles. The smallest absolute Gasteiger partial charge is 0.308 e. The van der Waals surface area contributed by atoms with Crippen LogP contribution in [-0.2, 0) is 23.9 Å². The van der Waals surface area contributed by atoms with Gasteiger partial charge in [0.05, 0.1) is 25.6 Å². The van der Waals surface area contributed by atoms with Gasteiger partial charge in [0.25, 0.3) is 0 Å². The van der Waals surface area contributed by atoms with Crippen LogP contribution in [0.25, 0.3) is 0 Å². The van der Waals surface area contributed by atoms with Gasteiger partial charge in [0, 0.05) is 26.6 Å². The molecule has 0 radical (unpaired) electrons. The maximum atomic E-state index is 11.8. The number of rotatable bonds is 7. The molecule has 1 aliphatic rings. The Morgan fingerprint density at radius 2 is 2.00 bits per heavy atom. The van der Waals surface area contributed by atoms with Crippen molar-refractivity contribution in [1.29, 1.82) is 0 Å². The molecule has 0 aromatic carbocycles. The molecule has 7 heteroatoms. The highest BCUT2D eigenvalue weighted by molar-refractivity contribution is 5.89. The molecule has 7 nitrogen and oxygen atoms in total. The first-order valence-corrected chi connectivity index (χ1v) is 7.50. The molecule has 1 unspecified atom stereocenters. The van der Waals surface area contributed by atoms with E-state index in [1.54, 1.807) is 11.9 Å². The van der Waals surface area contributed by atoms with Gasteiger partial charge in [0.2, 0.25) is 11.8 Å². The normalized spacial score (nSPS) is 18.5. The van der Waals surface area contributed by atoms with E-state index in [0.29, 0.717) is 19.7 Å². The van der Waals surface area contributed by atoms with Crippen LogP contribution in [0, 0.1) is 5.92 Å². The minimum Gasteiger partial charge on any atom is -0.460 e. The minimum atomic E-state index is -0.489. The Labute approximate surface area is 131 Å². The summed E-state index contributed by atoms with van der Waals surface area (Å²) < 4.78 is 10.4. The van der Waals surface area contributed by atoms with Gasteiger partial charge in [-0.25, -0.2) is 0 Å². The van der Waals surface area contributed by atoms with Crippen LogP contribution < -0.4 is 5.32 Å². The Bertz CT molecular complexity index is 417. The van der Waals surface area contributed by atoms with E-state index in [4.69, 9.17) is 9.47 Å². The lowest BCUT2D eigenvalue weighted by Gasteiger charge is -2.19. The number of likely N-dealkylation sites (tertiary alicyclic amines) is 1. The van der Waals surface area contributed by atoms with E-state index in [1.165, 1.54) is 0 Å². The number of carbonyl (C=O) groups excluding carboxylic acids is 3. The molecular weight excluding hydrogens is 288 g/mol. The maximum absolute atomic E-state index is 11.8. The first-order valence-electron chi connectivity index (χ1n) is 7.50. The molecule has 0 bridgehead atoms. The Morgan fingerprint density at radius 1 is 1.32 bits per heavy atom. The van der Waals surface area contributed by atoms with Gasteiger partial charge in [-0.05, 0) is 20.8 Å². The summed E-state index contributed by atoms with van der Waals surface area (Å²) in [7, 11) is 1.69. The molecule has 1 aliphatic heterocycles. The second-order valence-electron chi connectivity index (χ2n) is 6.42. The van der Waals surface area contributed by atoms with Crippen LogP contribution in [-0.4, -0.2) is 61.6 Å². The van der Waals surface area contributed by atoms with Crippen molar-refractivity contribution in [1.82, 2.24) is 10.2 Å². The number of amides is 2. The van der Waals surface area contributed by atoms with Crippen molar-refractivity contribution in [2.45, 2.75) is 39.2 Å². The van der Waals surface area contributed by atoms with Crippen molar-refractivity contribution in [2.75, 3.05) is 33.4 Å². The van der Waals surface area contributed by atoms with Crippen molar-refractivity contribution in [2.24, 2.45) is 5.92 Å². The lowest BCUT2D eigenvalue weighted by Crippen LogP contribution is -2.34. The molecule has 0 aromatic rings. The van der Waals surface area contributed by atoms with Gasteiger partial charge in [-0.2, -0.15) is 0 Å². The van der Waals surface area contributed by atoms with Crippen LogP contribution >= 0.6 is 0 Å². The van der Waals surface area contributed by atoms with Crippen molar-refractivity contribution in [3.05, 3.63) is 0 Å². The van der Waals surface area contributed by atoms with E-state index in [9.17, 15) is 14.4 Å². The number of hydrogen-bond acceptors (Lipinski definition) is 5. The molecule has 0 aromatic heterocycles. The summed E-state index contributed by atoms with van der Waals surface area (Å²) in [5.41, 5.74) is -0.489. The summed E-state index contributed by atoms with van der Waals surface area (Å²) in [4.78, 5) is 36.1. The van der Waals surface area contributed by atoms with Crippen LogP contribution in [0.1, 0.15) is 33.6 Å². The van der Waals surface area contributed by atoms with Gasteiger partial charge < -0.3 is 19.7 Å². The second kappa shape index (κ2) is 8.12. The van der Waals surface area contributed by atoms with Crippen LogP contribution in [0.5, 0.6) is 0 Å². The van der Waals surface area contributed by atoms with Crippen molar-refractivity contribution in [3.8, 4) is 0 Å². The number of nitrogens with one attached hydrogen (secondary N) is 1. The van der Waals surface area contributed by atoms with Crippen molar-refractivity contribution < 1.29 is 23.9 Å². The third kappa shape index (κ3) is 6.89. The van der Waals surface area contributed by atoms with Gasteiger partial charge in [0.1, 0.15) is 5.60 Å². The zero-order chi connectivity index (χ0) is 16.8. The third-order valence-corrected chi connectivity index (χ3v) is 3.13. The summed E-state index contributed by atoms with van der Waals surface area (Å²) in [5, 5.41) is 2.73. The highest BCUT2D eigenvalue weighted by Gasteiger charge is 2.31. The fraction of sp³-hybridized carbons (Fsp3) is 0.800. The van der Waals surface area contributed by atoms with E-state index in [-0.39, 0.29) is 43.2 Å². The standard InChI is InChI=1S/C15H26N2O5/c1-15(2,3)22-13(19)5-7-21-8-6-16-14(20)11-9-12(18)17(4)10-11/h11H,5-10H2,1-4H3,(H,16,20). The molecule has 0 aliphatic carbocycles. The number of hydrogen-bond donors (Lipinski definition) is 1. The molecule has 1 atom stereocenters. The summed E-state index contributed by atoms with van der Waals surface area (Å²) in [6, 6.07) is 0. The highest BCUT2D eigenvalue weighted by Crippen LogP contribution is 2.15. The van der Waals surface area contributed by atoms with Gasteiger partial charge in [-0.3, -0.25) is 14.4 Å². The van der Waals surface area contributed by atoms with Crippen LogP contribution in [0.4, 0.5) is 0 Å². The topological polar surface area (TPSA) is 84.9 Å². The Kier molecular flexibility index (Phi) is 6.80. The Morgan fingerprint density at radius 3 is 2.55 bits per heavy atom. The quantitative estimate of drug-likeness (QED) is 0.541. The van der Waals surface area contributed by atoms with E-state index >= 15 is 0 Å². The minimum absolute atomic E-state index is 0.00578. The number of ether oxygens (including phenoxy) is 2. The number of esters is 1. The summed E-state index contributed by atoms with van der Waals surface area (Å²) in [6.07, 6.45) is 0.453. The van der Waals surface area contributed by atoms with Gasteiger partial charge in [0.15, 0.2) is 0 Å². The first kappa shape index (κ1) is 18.4. The maximum Gasteiger partial charge on any atom is 0.308 e. The van der Waals surface area contributed by atoms with Crippen LogP contribution in [0.3, 0.4) is 0 Å². The molecule has 1 N–H and O–H groups in total. The SMILES string of the molecule is CN1CC(C(=O)NCCOCCC(=O)OC(C)(C)C)CC1=O. The van der Waals surface area contributed by atoms with Crippen LogP contribution in [0.2, 0.25) is 0 Å². The lowest BCUT2D eigenvalue weighted by molar-refractivity contribution is -0.156. The Balaban J connectivity index is 2.05. The average Bonchev–Trinajstić information content (AvgIpc) is 2.71. The zero-order valence-corrected chi connectivity index (χ0v) is 13.8. The summed E-state index contributed by atoms with van der Waals surface area (Å²) in [5.74, 6) is -0.717. The highest BCUT2D eigenvalue weighted by atomic mass is 16.6. The largest absolute Gasteiger partial charge is 0.460 e. The molecule has 1 rings (SSSR count). The van der Waals surface area contributed by atoms with E-state index in [2.05, 4.69) is 5.32 Å². The summed E-state index contributed by atoms with van der Waals surface area (Å²) >= 11 is 0. The molecule has 2 amide bonds. The third-order valence-electron chi connectivity index (χ3n) is 3.13. The second-order valence-corrected chi connectivity index (χ2v) is 6.42. The van der Waals surface area contributed by atoms with Gasteiger partial charge in [-0.15, -0.1) is 0 Å². The number of nitrogens with zero attached hydrogens (tertiary/aromatic N) is 1. The van der Waals surface area contributed by atoms with Gasteiger partial charge in [-0.1, -0.05) is 0 Å². The fourth-order valence-electron chi connectivity index (χ4n) is 2.08. The van der Waals surface area contributed by atoms with E-state index < -0.39 is 5.60 Å². The van der Waals surface area contributed by atoms with E-state index in [1.807, 2.05) is 20.8 Å². The zero-order valence-electron chi connectivity index (χ0n) is 13.8.